The zero-order chi connectivity index (χ0) is 42.0. The maximum Gasteiger partial charge on any atom is 0.407 e. The van der Waals surface area contributed by atoms with Crippen molar-refractivity contribution in [2.45, 2.75) is 107 Å². The summed E-state index contributed by atoms with van der Waals surface area (Å²) >= 11 is 0. The van der Waals surface area contributed by atoms with Gasteiger partial charge in [-0.25, -0.2) is 18.2 Å². The number of carbonyl (C=O) groups is 4. The van der Waals surface area contributed by atoms with Crippen LogP contribution in [0.3, 0.4) is 0 Å². The number of allylic oxidation sites excluding steroid dienone is 2. The van der Waals surface area contributed by atoms with Crippen LogP contribution in [0, 0.1) is 11.8 Å². The van der Waals surface area contributed by atoms with Gasteiger partial charge in [-0.3, -0.25) is 19.1 Å². The Bertz CT molecular complexity index is 2310. The first-order valence-corrected chi connectivity index (χ1v) is 22.7. The summed E-state index contributed by atoms with van der Waals surface area (Å²) in [5.41, 5.74) is 1.44. The highest BCUT2D eigenvalue weighted by Gasteiger charge is 2.62. The number of nitrogens with one attached hydrogen (secondary N) is 3. The average Bonchev–Trinajstić information content (AvgIpc) is 4.17. The number of hydrogen-bond donors (Lipinski definition) is 3. The summed E-state index contributed by atoms with van der Waals surface area (Å²) < 4.78 is 46.5. The van der Waals surface area contributed by atoms with Crippen LogP contribution in [0.15, 0.2) is 66.8 Å². The molecule has 1 saturated heterocycles. The first kappa shape index (κ1) is 41.3. The Balaban J connectivity index is 1.19. The van der Waals surface area contributed by atoms with Gasteiger partial charge in [0.25, 0.3) is 5.91 Å². The molecule has 2 saturated carbocycles. The third kappa shape index (κ3) is 9.01. The van der Waals surface area contributed by atoms with E-state index < -0.39 is 68.7 Å². The van der Waals surface area contributed by atoms with E-state index >= 15 is 0 Å². The third-order valence-corrected chi connectivity index (χ3v) is 14.1. The van der Waals surface area contributed by atoms with Crippen LogP contribution in [0.1, 0.15) is 83.1 Å². The Morgan fingerprint density at radius 1 is 1.00 bits per heavy atom. The minimum atomic E-state index is -3.91. The SMILES string of the molecule is COc1cc2nc(-c3ccccc3)cc3c2cc1/C=C\CC[C@@H](C)COC(=O)N[C@H]1CCCCC/C=C\[C@H]2C[C@@]2(C(=O)NS(=O)(=O)C2CC2)NC(=O)[C@@H]2C[C@H](CN2C1=O)O3. The summed E-state index contributed by atoms with van der Waals surface area (Å²) in [5, 5.41) is 5.82. The van der Waals surface area contributed by atoms with Crippen molar-refractivity contribution in [2.75, 3.05) is 20.3 Å². The van der Waals surface area contributed by atoms with Crippen molar-refractivity contribution in [3.63, 3.8) is 0 Å². The lowest BCUT2D eigenvalue weighted by Gasteiger charge is -2.29. The van der Waals surface area contributed by atoms with Crippen LogP contribution in [0.5, 0.6) is 11.5 Å². The Labute approximate surface area is 350 Å². The van der Waals surface area contributed by atoms with Crippen LogP contribution in [-0.4, -0.2) is 91.4 Å². The second-order valence-corrected chi connectivity index (χ2v) is 18.8. The monoisotopic (exact) mass is 839 g/mol. The lowest BCUT2D eigenvalue weighted by Crippen LogP contribution is -2.58. The fourth-order valence-electron chi connectivity index (χ4n) is 8.50. The standard InChI is InChI=1S/C45H53N5O9S/c1-28-13-11-12-16-30-21-34-37(24-39(30)57-2)46-36(29-14-7-6-8-15-29)23-40(34)59-32-22-38-41(51)48-45(43(53)49-60(55,56)33-19-20-33)25-31(45)17-9-4-3-5-10-18-35(42(52)50(38)26-32)47-44(54)58-27-28/h6-9,12,14-17,21,23-24,28,31-33,35,38H,3-5,10-11,13,18-20,22,25-27H2,1-2H3,(H,47,54)(H,48,51)(H,49,53)/b16-12-,17-9-/t28-,31+,32-,35+,38+,45-/m1/s1. The highest BCUT2D eigenvalue weighted by atomic mass is 32.2. The molecule has 3 aromatic rings. The number of sulfonamides is 1. The fraction of sp³-hybridized carbons (Fsp3) is 0.489. The number of rotatable bonds is 5. The van der Waals surface area contributed by atoms with Crippen LogP contribution < -0.4 is 24.8 Å². The summed E-state index contributed by atoms with van der Waals surface area (Å²) in [6.07, 6.45) is 12.3. The number of benzene rings is 2. The Hall–Kier alpha value is -5.44. The van der Waals surface area contributed by atoms with Crippen LogP contribution in [0.4, 0.5) is 4.79 Å². The lowest BCUT2D eigenvalue weighted by atomic mass is 10.0. The molecule has 5 bridgehead atoms. The van der Waals surface area contributed by atoms with E-state index in [0.29, 0.717) is 60.2 Å². The van der Waals surface area contributed by atoms with E-state index in [1.54, 1.807) is 7.11 Å². The highest BCUT2D eigenvalue weighted by Crippen LogP contribution is 2.46. The predicted molar refractivity (Wildman–Crippen MR) is 225 cm³/mol. The summed E-state index contributed by atoms with van der Waals surface area (Å²) in [5.74, 6) is -1.16. The van der Waals surface area contributed by atoms with Gasteiger partial charge in [0, 0.05) is 41.0 Å². The normalized spacial score (nSPS) is 28.9. The molecular formula is C45H53N5O9S. The molecule has 0 radical (unpaired) electrons. The van der Waals surface area contributed by atoms with Gasteiger partial charge in [0.05, 0.1) is 36.7 Å². The van der Waals surface area contributed by atoms with Crippen LogP contribution in [0.2, 0.25) is 0 Å². The number of methoxy groups -OCH3 is 1. The molecule has 3 fully saturated rings. The van der Waals surface area contributed by atoms with Crippen molar-refractivity contribution in [1.82, 2.24) is 25.2 Å². The number of fused-ring (bicyclic) bond motifs is 4. The number of alkyl carbamates (subject to hydrolysis) is 1. The first-order valence-electron chi connectivity index (χ1n) is 21.1. The van der Waals surface area contributed by atoms with Crippen molar-refractivity contribution in [3.8, 4) is 22.8 Å². The molecule has 318 valence electrons. The average molecular weight is 840 g/mol. The van der Waals surface area contributed by atoms with Crippen LogP contribution in [-0.2, 0) is 29.1 Å². The van der Waals surface area contributed by atoms with E-state index in [1.165, 1.54) is 4.90 Å². The van der Waals surface area contributed by atoms with E-state index in [-0.39, 0.29) is 31.9 Å². The molecule has 14 nitrogen and oxygen atoms in total. The smallest absolute Gasteiger partial charge is 0.407 e. The van der Waals surface area contributed by atoms with Gasteiger partial charge in [-0.2, -0.15) is 0 Å². The first-order chi connectivity index (χ1) is 28.9. The molecule has 2 aromatic carbocycles. The minimum absolute atomic E-state index is 0.00678. The zero-order valence-corrected chi connectivity index (χ0v) is 34.9. The number of ether oxygens (including phenoxy) is 3. The Kier molecular flexibility index (Phi) is 11.9. The molecule has 3 aliphatic heterocycles. The van der Waals surface area contributed by atoms with Crippen molar-refractivity contribution in [2.24, 2.45) is 11.8 Å². The largest absolute Gasteiger partial charge is 0.496 e. The number of carbonyl (C=O) groups excluding carboxylic acids is 4. The molecular weight excluding hydrogens is 787 g/mol. The van der Waals surface area contributed by atoms with Crippen molar-refractivity contribution in [3.05, 3.63) is 72.3 Å². The molecule has 15 heteroatoms. The summed E-state index contributed by atoms with van der Waals surface area (Å²) in [4.78, 5) is 63.0. The van der Waals surface area contributed by atoms with E-state index in [2.05, 4.69) is 21.4 Å². The van der Waals surface area contributed by atoms with Crippen molar-refractivity contribution in [1.29, 1.82) is 0 Å². The van der Waals surface area contributed by atoms with Crippen LogP contribution in [0.25, 0.3) is 28.2 Å². The molecule has 3 N–H and O–H groups in total. The van der Waals surface area contributed by atoms with Gasteiger partial charge >= 0.3 is 6.09 Å². The summed E-state index contributed by atoms with van der Waals surface area (Å²) in [6.45, 7) is 2.14. The van der Waals surface area contributed by atoms with Gasteiger partial charge in [-0.15, -0.1) is 0 Å². The fourth-order valence-corrected chi connectivity index (χ4v) is 9.87. The number of amides is 4. The highest BCUT2D eigenvalue weighted by molar-refractivity contribution is 7.91. The van der Waals surface area contributed by atoms with Gasteiger partial charge in [-0.05, 0) is 63.4 Å². The van der Waals surface area contributed by atoms with Crippen LogP contribution >= 0.6 is 0 Å². The van der Waals surface area contributed by atoms with E-state index in [1.807, 2.05) is 73.7 Å². The summed E-state index contributed by atoms with van der Waals surface area (Å²) in [6, 6.07) is 13.3. The minimum Gasteiger partial charge on any atom is -0.496 e. The van der Waals surface area contributed by atoms with Gasteiger partial charge in [0.2, 0.25) is 21.8 Å². The number of pyridine rings is 1. The molecule has 0 spiro atoms. The van der Waals surface area contributed by atoms with E-state index in [0.717, 1.165) is 36.8 Å². The molecule has 0 unspecified atom stereocenters. The maximum atomic E-state index is 14.8. The number of cyclic esters (lactones) is 1. The van der Waals surface area contributed by atoms with Gasteiger partial charge in [0.15, 0.2) is 0 Å². The molecule has 8 rings (SSSR count). The zero-order valence-electron chi connectivity index (χ0n) is 34.1. The van der Waals surface area contributed by atoms with Crippen molar-refractivity contribution >= 4 is 50.8 Å². The molecule has 2 aliphatic carbocycles. The number of hydrogen-bond acceptors (Lipinski definition) is 10. The second-order valence-electron chi connectivity index (χ2n) is 16.9. The lowest BCUT2D eigenvalue weighted by molar-refractivity contribution is -0.141. The molecule has 4 heterocycles. The molecule has 5 aliphatic rings. The van der Waals surface area contributed by atoms with Gasteiger partial charge in [-0.1, -0.05) is 74.4 Å². The Morgan fingerprint density at radius 2 is 1.82 bits per heavy atom. The molecule has 4 amide bonds. The second kappa shape index (κ2) is 17.3. The van der Waals surface area contributed by atoms with Gasteiger partial charge in [0.1, 0.15) is 35.2 Å². The Morgan fingerprint density at radius 3 is 2.60 bits per heavy atom. The van der Waals surface area contributed by atoms with Crippen molar-refractivity contribution < 1.29 is 41.8 Å². The van der Waals surface area contributed by atoms with Gasteiger partial charge < -0.3 is 29.7 Å². The summed E-state index contributed by atoms with van der Waals surface area (Å²) in [7, 11) is -2.30. The number of aromatic nitrogens is 1. The third-order valence-electron chi connectivity index (χ3n) is 12.2. The van der Waals surface area contributed by atoms with E-state index in [9.17, 15) is 27.6 Å². The predicted octanol–water partition coefficient (Wildman–Crippen LogP) is 5.80. The molecule has 1 aromatic heterocycles. The molecule has 6 atom stereocenters. The molecule has 60 heavy (non-hydrogen) atoms. The van der Waals surface area contributed by atoms with E-state index in [4.69, 9.17) is 19.2 Å². The quantitative estimate of drug-likeness (QED) is 0.266. The number of nitrogens with zero attached hydrogens (tertiary/aromatic N) is 2. The topological polar surface area (TPSA) is 182 Å². The maximum absolute atomic E-state index is 14.8.